The molecular weight excluding hydrogens is 849 g/mol. The number of anilines is 1. The lowest BCUT2D eigenvalue weighted by atomic mass is 10.0. The molecule has 4 amide bonds. The van der Waals surface area contributed by atoms with Crippen LogP contribution in [0.4, 0.5) is 14.5 Å². The van der Waals surface area contributed by atoms with E-state index in [1.165, 1.54) is 39.8 Å². The standard InChI is InChI=1S/C38H38F2N6O5.C11H17N3O/c1-42(23-7-8-23)37(49)32-21-27-29(40)10-9-25(35(27)51-32)22-3-5-24(6-4-22)45-19-17-44(18-20-45)16-15-26-28(39)11-12-30-34(26)43(2)38(50)46(30)31-13-14-33(47)41-36(31)48;15-11(13-7-2-1-3-8-13)5-10-14-9-4-6-12-14/h3-6,9-12,21,23,31H,7-8,13-20H2,1-2H3,(H,41,47,48);4,6,9H,1-3,5,7-8,10H2. The molecule has 0 radical (unpaired) electrons. The molecule has 0 spiro atoms. The number of hydrogen-bond donors (Lipinski definition) is 1. The van der Waals surface area contributed by atoms with E-state index in [-0.39, 0.29) is 47.8 Å². The first-order chi connectivity index (χ1) is 31.9. The summed E-state index contributed by atoms with van der Waals surface area (Å²) < 4.78 is 40.6. The highest BCUT2D eigenvalue weighted by atomic mass is 19.1. The second-order valence-electron chi connectivity index (χ2n) is 17.8. The van der Waals surface area contributed by atoms with E-state index >= 15 is 4.39 Å². The van der Waals surface area contributed by atoms with Gasteiger partial charge in [-0.25, -0.2) is 13.6 Å². The number of halogens is 2. The summed E-state index contributed by atoms with van der Waals surface area (Å²) in [5, 5.41) is 6.67. The van der Waals surface area contributed by atoms with Gasteiger partial charge in [-0.2, -0.15) is 5.10 Å². The molecule has 0 bridgehead atoms. The molecule has 3 aromatic heterocycles. The van der Waals surface area contributed by atoms with Gasteiger partial charge in [0, 0.05) is 121 Å². The molecule has 3 aliphatic heterocycles. The number of piperidine rings is 2. The van der Waals surface area contributed by atoms with Gasteiger partial charge in [-0.15, -0.1) is 0 Å². The average molecular weight is 904 g/mol. The number of aryl methyl sites for hydroxylation is 2. The number of nitrogens with zero attached hydrogens (tertiary/aromatic N) is 8. The fraction of sp³-hybridized carbons (Fsp3) is 0.429. The summed E-state index contributed by atoms with van der Waals surface area (Å²) in [6.07, 6.45) is 10.5. The van der Waals surface area contributed by atoms with Crippen LogP contribution >= 0.6 is 0 Å². The lowest BCUT2D eigenvalue weighted by Gasteiger charge is -2.36. The van der Waals surface area contributed by atoms with E-state index in [1.54, 1.807) is 31.3 Å². The van der Waals surface area contributed by atoms with Gasteiger partial charge in [-0.05, 0) is 93.0 Å². The molecule has 6 aromatic rings. The summed E-state index contributed by atoms with van der Waals surface area (Å²) in [7, 11) is 3.33. The van der Waals surface area contributed by atoms with Crippen LogP contribution in [-0.4, -0.2) is 116 Å². The van der Waals surface area contributed by atoms with Gasteiger partial charge in [-0.3, -0.25) is 43.2 Å². The molecule has 3 aromatic carbocycles. The van der Waals surface area contributed by atoms with Crippen molar-refractivity contribution in [3.63, 3.8) is 0 Å². The first-order valence-corrected chi connectivity index (χ1v) is 23.0. The Balaban J connectivity index is 0.000000309. The number of hydrogen-bond acceptors (Lipinski definition) is 9. The molecule has 346 valence electrons. The topological polar surface area (TPSA) is 151 Å². The van der Waals surface area contributed by atoms with Crippen LogP contribution in [0.25, 0.3) is 33.1 Å². The molecule has 66 heavy (non-hydrogen) atoms. The quantitative estimate of drug-likeness (QED) is 0.157. The van der Waals surface area contributed by atoms with Crippen LogP contribution in [0.3, 0.4) is 0 Å². The van der Waals surface area contributed by atoms with Crippen molar-refractivity contribution in [2.45, 2.75) is 76.4 Å². The van der Waals surface area contributed by atoms with Gasteiger partial charge in [-0.1, -0.05) is 12.1 Å². The highest BCUT2D eigenvalue weighted by molar-refractivity contribution is 6.01. The summed E-state index contributed by atoms with van der Waals surface area (Å²) in [6.45, 7) is 6.20. The van der Waals surface area contributed by atoms with Gasteiger partial charge in [0.05, 0.1) is 16.4 Å². The second kappa shape index (κ2) is 19.1. The summed E-state index contributed by atoms with van der Waals surface area (Å²) in [5.41, 5.74) is 3.90. The number of fused-ring (bicyclic) bond motifs is 2. The summed E-state index contributed by atoms with van der Waals surface area (Å²) in [4.78, 5) is 70.5. The third kappa shape index (κ3) is 9.26. The van der Waals surface area contributed by atoms with Gasteiger partial charge in [0.25, 0.3) is 5.91 Å². The van der Waals surface area contributed by atoms with E-state index in [9.17, 15) is 28.4 Å². The number of piperazine rings is 1. The van der Waals surface area contributed by atoms with Crippen LogP contribution in [0.1, 0.15) is 73.5 Å². The number of likely N-dealkylation sites (tertiary alicyclic amines) is 1. The average Bonchev–Trinajstić information content (AvgIpc) is 3.74. The number of carbonyl (C=O) groups excluding carboxylic acids is 4. The number of carbonyl (C=O) groups is 4. The predicted octanol–water partition coefficient (Wildman–Crippen LogP) is 5.89. The number of furan rings is 1. The molecule has 17 heteroatoms. The minimum absolute atomic E-state index is 0.133. The van der Waals surface area contributed by atoms with Crippen molar-refractivity contribution in [3.05, 3.63) is 106 Å². The number of imide groups is 1. The lowest BCUT2D eigenvalue weighted by Crippen LogP contribution is -2.47. The van der Waals surface area contributed by atoms with Crippen LogP contribution in [-0.2, 0) is 34.4 Å². The molecule has 6 heterocycles. The first kappa shape index (κ1) is 44.6. The Hall–Kier alpha value is -6.62. The molecule has 15 nitrogen and oxygen atoms in total. The number of aromatic nitrogens is 4. The maximum absolute atomic E-state index is 15.3. The van der Waals surface area contributed by atoms with E-state index in [0.717, 1.165) is 76.2 Å². The molecule has 4 fully saturated rings. The van der Waals surface area contributed by atoms with Crippen molar-refractivity contribution < 1.29 is 32.4 Å². The zero-order chi connectivity index (χ0) is 46.1. The van der Waals surface area contributed by atoms with E-state index in [0.29, 0.717) is 53.7 Å². The number of amides is 4. The van der Waals surface area contributed by atoms with Crippen LogP contribution in [0.2, 0.25) is 0 Å². The highest BCUT2D eigenvalue weighted by Gasteiger charge is 2.34. The minimum atomic E-state index is -0.830. The molecular formula is C49H55F2N9O6. The van der Waals surface area contributed by atoms with Crippen LogP contribution in [0, 0.1) is 11.6 Å². The van der Waals surface area contributed by atoms with E-state index in [2.05, 4.69) is 20.2 Å². The maximum atomic E-state index is 15.3. The molecule has 4 aliphatic rings. The second-order valence-corrected chi connectivity index (χ2v) is 17.8. The van der Waals surface area contributed by atoms with Crippen molar-refractivity contribution in [1.82, 2.24) is 38.9 Å². The Kier molecular flexibility index (Phi) is 12.9. The lowest BCUT2D eigenvalue weighted by molar-refractivity contribution is -0.136. The van der Waals surface area contributed by atoms with E-state index in [1.807, 2.05) is 46.1 Å². The van der Waals surface area contributed by atoms with Gasteiger partial charge in [0.2, 0.25) is 17.7 Å². The van der Waals surface area contributed by atoms with E-state index < -0.39 is 29.3 Å². The fourth-order valence-corrected chi connectivity index (χ4v) is 9.52. The van der Waals surface area contributed by atoms with Crippen molar-refractivity contribution in [1.29, 1.82) is 0 Å². The van der Waals surface area contributed by atoms with Crippen molar-refractivity contribution in [2.75, 3.05) is 57.8 Å². The zero-order valence-electron chi connectivity index (χ0n) is 37.4. The number of benzene rings is 3. The Morgan fingerprint density at radius 2 is 1.62 bits per heavy atom. The van der Waals surface area contributed by atoms with Crippen LogP contribution in [0.15, 0.2) is 82.3 Å². The summed E-state index contributed by atoms with van der Waals surface area (Å²) in [5.74, 6) is -1.57. The number of rotatable bonds is 11. The predicted molar refractivity (Wildman–Crippen MR) is 245 cm³/mol. The summed E-state index contributed by atoms with van der Waals surface area (Å²) in [6, 6.07) is 16.7. The van der Waals surface area contributed by atoms with Gasteiger partial charge >= 0.3 is 5.69 Å². The van der Waals surface area contributed by atoms with Crippen molar-refractivity contribution in [2.24, 2.45) is 7.05 Å². The number of imidazole rings is 1. The molecule has 1 aliphatic carbocycles. The Bertz CT molecular complexity index is 2820. The van der Waals surface area contributed by atoms with Crippen LogP contribution < -0.4 is 15.9 Å². The van der Waals surface area contributed by atoms with Gasteiger partial charge < -0.3 is 19.1 Å². The fourth-order valence-electron chi connectivity index (χ4n) is 9.52. The van der Waals surface area contributed by atoms with Crippen molar-refractivity contribution in [3.8, 4) is 11.1 Å². The van der Waals surface area contributed by atoms with Gasteiger partial charge in [0.1, 0.15) is 23.3 Å². The maximum Gasteiger partial charge on any atom is 0.329 e. The highest BCUT2D eigenvalue weighted by Crippen LogP contribution is 2.36. The van der Waals surface area contributed by atoms with Crippen LogP contribution in [0.5, 0.6) is 0 Å². The molecule has 1 saturated carbocycles. The Labute approximate surface area is 380 Å². The third-order valence-corrected chi connectivity index (χ3v) is 13.5. The minimum Gasteiger partial charge on any atom is -0.450 e. The SMILES string of the molecule is CN(C(=O)c1cc2c(F)ccc(-c3ccc(N4CCN(CCc5c(F)ccc6c5n(C)c(=O)n6C5CCC(=O)NC5=O)CC4)cc3)c2o1)C1CC1.O=C(CCn1cccn1)N1CCCCC1. The monoisotopic (exact) mass is 903 g/mol. The molecule has 10 rings (SSSR count). The van der Waals surface area contributed by atoms with Gasteiger partial charge in [0.15, 0.2) is 5.76 Å². The first-order valence-electron chi connectivity index (χ1n) is 23.0. The number of nitrogens with one attached hydrogen (secondary N) is 1. The largest absolute Gasteiger partial charge is 0.450 e. The molecule has 3 saturated heterocycles. The molecule has 1 atom stereocenters. The molecule has 1 unspecified atom stereocenters. The normalized spacial score (nSPS) is 18.1. The Morgan fingerprint density at radius 3 is 2.32 bits per heavy atom. The zero-order valence-corrected chi connectivity index (χ0v) is 37.4. The smallest absolute Gasteiger partial charge is 0.329 e. The van der Waals surface area contributed by atoms with Crippen molar-refractivity contribution >= 4 is 51.3 Å². The Morgan fingerprint density at radius 1 is 0.879 bits per heavy atom. The third-order valence-electron chi connectivity index (χ3n) is 13.5. The molecule has 1 N–H and O–H groups in total. The van der Waals surface area contributed by atoms with E-state index in [4.69, 9.17) is 4.42 Å². The summed E-state index contributed by atoms with van der Waals surface area (Å²) >= 11 is 0.